The van der Waals surface area contributed by atoms with Gasteiger partial charge in [-0.1, -0.05) is 154 Å². The van der Waals surface area contributed by atoms with Gasteiger partial charge in [0.05, 0.1) is 65.0 Å². The van der Waals surface area contributed by atoms with Crippen LogP contribution < -0.4 is 0 Å². The van der Waals surface area contributed by atoms with Crippen molar-refractivity contribution in [1.29, 1.82) is 0 Å². The van der Waals surface area contributed by atoms with Crippen molar-refractivity contribution in [2.75, 3.05) is 184 Å². The SMILES string of the molecule is CC(C)(C)C#CCN1CCC(C)(F)CC1.CC(C)(C)C#CCN1CCC2(CC1)CC2.CC(C)(C)C#CCN1CCCCCC1.CC1CCCN(CC#CC(C)(C)C)C1.CC1CCN(CC#CC(C)(C)C)CC1.CC1CCN(CC#CC(C)(C)C)CC1.COC1CCN(CC#CC(C)(C)C)CC1.C[C@@H]1CCCN(CC#CC(C)(C)C)C1.C[C@H]1CCCN(CC#CC(C)(C)C)C1. The molecular formula is C118H206FN9O. The van der Waals surface area contributed by atoms with Crippen LogP contribution in [0.4, 0.5) is 4.39 Å². The van der Waals surface area contributed by atoms with Gasteiger partial charge < -0.3 is 4.74 Å². The standard InChI is InChI=1S/C14H23N.C13H22FN.C13H23NO.6C13H23N/c1-13(2,3)5-4-10-15-11-8-14(6-7-14)9-12-15;1-12(2,3)6-5-9-15-10-7-13(4,14)8-11-15;1-13(2,3)8-5-9-14-10-6-12(15-4)7-11-14;2*1-12-6-10-14(11-7-12)9-5-8-13(2,3)4;3*1-12-7-5-9-14(11-12)10-6-8-13(2,3)4;1-13(2,3)9-8-12-14-10-6-4-5-7-11-14/h6-12H2,1-3H3;7-11H2,1-4H3;12H,6-7,9-11H2,1-4H3;2*12H,6-7,9-11H2,1-4H3;3*12H,5,7,9-11H2,1-4H3;4-7,10-12H2,1-3H3/t;;;;;2*12-;;/m.....10../s1. The zero-order chi connectivity index (χ0) is 97.2. The van der Waals surface area contributed by atoms with Crippen LogP contribution in [0.15, 0.2) is 0 Å². The van der Waals surface area contributed by atoms with Gasteiger partial charge in [-0.2, -0.15) is 0 Å². The summed E-state index contributed by atoms with van der Waals surface area (Å²) in [5.74, 6) is 63.5. The van der Waals surface area contributed by atoms with Gasteiger partial charge in [-0.3, -0.25) is 44.1 Å². The van der Waals surface area contributed by atoms with E-state index in [1.54, 1.807) is 14.0 Å². The summed E-state index contributed by atoms with van der Waals surface area (Å²) < 4.78 is 18.8. The number of rotatable bonds is 10. The molecule has 736 valence electrons. The van der Waals surface area contributed by atoms with Gasteiger partial charge in [0, 0.05) is 102 Å². The third-order valence-corrected chi connectivity index (χ3v) is 24.2. The van der Waals surface area contributed by atoms with Crippen molar-refractivity contribution in [1.82, 2.24) is 44.1 Å². The lowest BCUT2D eigenvalue weighted by Gasteiger charge is -2.32. The predicted molar refractivity (Wildman–Crippen MR) is 563 cm³/mol. The number of hydrogen-bond donors (Lipinski definition) is 0. The molecular weight excluding hydrogens is 1580 g/mol. The highest BCUT2D eigenvalue weighted by molar-refractivity contribution is 5.15. The summed E-state index contributed by atoms with van der Waals surface area (Å²) in [5.41, 5.74) is 1.15. The number of piperidine rings is 8. The average molecular weight is 1790 g/mol. The lowest BCUT2D eigenvalue weighted by molar-refractivity contribution is 0.0450. The van der Waals surface area contributed by atoms with E-state index in [4.69, 9.17) is 4.74 Å². The molecule has 10 fully saturated rings. The van der Waals surface area contributed by atoms with Crippen LogP contribution >= 0.6 is 0 Å². The second-order valence-corrected chi connectivity index (χ2v) is 50.2. The van der Waals surface area contributed by atoms with Crippen LogP contribution in [0.25, 0.3) is 0 Å². The summed E-state index contributed by atoms with van der Waals surface area (Å²) in [7, 11) is 1.81. The summed E-state index contributed by atoms with van der Waals surface area (Å²) in [5, 5.41) is 0. The Kier molecular flexibility index (Phi) is 57.0. The first-order chi connectivity index (χ1) is 59.7. The van der Waals surface area contributed by atoms with Gasteiger partial charge in [-0.15, -0.1) is 0 Å². The van der Waals surface area contributed by atoms with E-state index in [2.05, 4.69) is 372 Å². The van der Waals surface area contributed by atoms with Crippen LogP contribution in [0, 0.1) is 190 Å². The van der Waals surface area contributed by atoms with Gasteiger partial charge in [-0.25, -0.2) is 4.39 Å². The first kappa shape index (κ1) is 121. The Hall–Kier alpha value is -4.43. The lowest BCUT2D eigenvalue weighted by atomic mass is 9.93. The molecule has 1 aliphatic carbocycles. The molecule has 1 unspecified atom stereocenters. The van der Waals surface area contributed by atoms with Crippen LogP contribution in [0.5, 0.6) is 0 Å². The van der Waals surface area contributed by atoms with Gasteiger partial charge in [0.1, 0.15) is 5.67 Å². The fourth-order valence-electron chi connectivity index (χ4n) is 16.1. The van der Waals surface area contributed by atoms with E-state index in [0.29, 0.717) is 18.9 Å². The van der Waals surface area contributed by atoms with E-state index in [9.17, 15) is 4.39 Å². The Morgan fingerprint density at radius 3 is 0.636 bits per heavy atom. The molecule has 129 heavy (non-hydrogen) atoms. The van der Waals surface area contributed by atoms with Crippen molar-refractivity contribution >= 4 is 0 Å². The second kappa shape index (κ2) is 60.9. The molecule has 0 N–H and O–H groups in total. The molecule has 0 bridgehead atoms. The fraction of sp³-hybridized carbons (Fsp3) is 0.847. The molecule has 1 spiro atoms. The molecule has 1 saturated carbocycles. The van der Waals surface area contributed by atoms with Crippen molar-refractivity contribution in [2.24, 2.45) is 83.7 Å². The van der Waals surface area contributed by atoms with Crippen LogP contribution in [0.3, 0.4) is 0 Å². The first-order valence-corrected chi connectivity index (χ1v) is 52.0. The number of methoxy groups -OCH3 is 1. The van der Waals surface area contributed by atoms with Gasteiger partial charge in [0.2, 0.25) is 0 Å². The van der Waals surface area contributed by atoms with Crippen molar-refractivity contribution in [3.05, 3.63) is 0 Å². The molecule has 10 nitrogen and oxygen atoms in total. The maximum atomic E-state index is 13.5. The molecule has 9 saturated heterocycles. The Morgan fingerprint density at radius 1 is 0.233 bits per heavy atom. The van der Waals surface area contributed by atoms with Crippen molar-refractivity contribution in [2.45, 2.75) is 382 Å². The number of nitrogens with zero attached hydrogens (tertiary/aromatic N) is 9. The van der Waals surface area contributed by atoms with Gasteiger partial charge >= 0.3 is 0 Å². The molecule has 0 aromatic carbocycles. The molecule has 0 aromatic heterocycles. The molecule has 9 heterocycles. The van der Waals surface area contributed by atoms with Crippen LogP contribution in [-0.4, -0.2) is 240 Å². The van der Waals surface area contributed by atoms with Gasteiger partial charge in [0.25, 0.3) is 0 Å². The van der Waals surface area contributed by atoms with Crippen LogP contribution in [0.2, 0.25) is 0 Å². The van der Waals surface area contributed by atoms with Crippen molar-refractivity contribution in [3.63, 3.8) is 0 Å². The minimum Gasteiger partial charge on any atom is -0.381 e. The second-order valence-electron chi connectivity index (χ2n) is 50.2. The fourth-order valence-corrected chi connectivity index (χ4v) is 16.1. The highest BCUT2D eigenvalue weighted by Gasteiger charge is 2.44. The van der Waals surface area contributed by atoms with E-state index in [-0.39, 0.29) is 48.7 Å². The molecule has 0 radical (unpaired) electrons. The molecule has 3 atom stereocenters. The third-order valence-electron chi connectivity index (χ3n) is 24.2. The number of ether oxygens (including phenoxy) is 1. The summed E-state index contributed by atoms with van der Waals surface area (Å²) >= 11 is 0. The normalized spacial score (nSPS) is 22.1. The van der Waals surface area contributed by atoms with Gasteiger partial charge in [0.15, 0.2) is 0 Å². The molecule has 9 aliphatic heterocycles. The number of halogens is 1. The van der Waals surface area contributed by atoms with E-state index in [0.717, 1.165) is 133 Å². The predicted octanol–water partition coefficient (Wildman–Crippen LogP) is 24.7. The van der Waals surface area contributed by atoms with E-state index in [1.807, 2.05) is 0 Å². The monoisotopic (exact) mass is 1780 g/mol. The van der Waals surface area contributed by atoms with Crippen LogP contribution in [-0.2, 0) is 4.74 Å². The Balaban J connectivity index is 0.000000491. The summed E-state index contributed by atoms with van der Waals surface area (Å²) in [6.45, 7) is 101. The molecule has 0 aromatic rings. The highest BCUT2D eigenvalue weighted by atomic mass is 19.1. The lowest BCUT2D eigenvalue weighted by Crippen LogP contribution is -2.40. The molecule has 10 aliphatic rings. The van der Waals surface area contributed by atoms with E-state index in [1.165, 1.54) is 207 Å². The highest BCUT2D eigenvalue weighted by Crippen LogP contribution is 2.53. The Labute approximate surface area is 804 Å². The van der Waals surface area contributed by atoms with Gasteiger partial charge in [-0.05, 0) is 429 Å². The van der Waals surface area contributed by atoms with E-state index >= 15 is 0 Å². The number of likely N-dealkylation sites (tertiary alicyclic amines) is 9. The van der Waals surface area contributed by atoms with E-state index < -0.39 is 5.67 Å². The zero-order valence-corrected chi connectivity index (χ0v) is 91.4. The van der Waals surface area contributed by atoms with Crippen molar-refractivity contribution in [3.8, 4) is 107 Å². The maximum Gasteiger partial charge on any atom is 0.110 e. The summed E-state index contributed by atoms with van der Waals surface area (Å²) in [6, 6.07) is 0. The summed E-state index contributed by atoms with van der Waals surface area (Å²) in [6.07, 6.45) is 29.0. The maximum absolute atomic E-state index is 13.5. The van der Waals surface area contributed by atoms with Crippen LogP contribution in [0.1, 0.15) is 370 Å². The average Bonchev–Trinajstić information content (AvgIpc) is 1.64. The molecule has 0 amide bonds. The van der Waals surface area contributed by atoms with Crippen molar-refractivity contribution < 1.29 is 9.13 Å². The Morgan fingerprint density at radius 2 is 0.426 bits per heavy atom. The summed E-state index contributed by atoms with van der Waals surface area (Å²) in [4.78, 5) is 22.0. The zero-order valence-electron chi connectivity index (χ0n) is 91.4. The molecule has 11 heteroatoms. The smallest absolute Gasteiger partial charge is 0.110 e. The largest absolute Gasteiger partial charge is 0.381 e. The number of hydrogen-bond acceptors (Lipinski definition) is 10. The number of alkyl halides is 1. The third kappa shape index (κ3) is 72.6. The first-order valence-electron chi connectivity index (χ1n) is 52.0. The quantitative estimate of drug-likeness (QED) is 0.198. The minimum atomic E-state index is -0.950. The minimum absolute atomic E-state index is 0.0738. The Bertz CT molecular complexity index is 3340. The topological polar surface area (TPSA) is 38.4 Å². The molecule has 10 rings (SSSR count).